The highest BCUT2D eigenvalue weighted by molar-refractivity contribution is 6.05. The van der Waals surface area contributed by atoms with E-state index in [2.05, 4.69) is 15.6 Å². The summed E-state index contributed by atoms with van der Waals surface area (Å²) in [5.74, 6) is 5.65. The van der Waals surface area contributed by atoms with E-state index in [1.807, 2.05) is 11.8 Å². The zero-order valence-electron chi connectivity index (χ0n) is 20.2. The van der Waals surface area contributed by atoms with E-state index in [1.54, 1.807) is 48.8 Å². The Bertz CT molecular complexity index is 1290. The van der Waals surface area contributed by atoms with E-state index in [9.17, 15) is 18.0 Å². The number of piperazine rings is 1. The normalized spacial score (nSPS) is 14.4. The SMILES string of the molecule is Cc1ccc(C(=O)Nc2cc(N3CCNCC3)cc(C(F)(F)F)c2)cc1N(N)/C=C(\N)c1cccnc1. The number of alkyl halides is 3. The van der Waals surface area contributed by atoms with Crippen LogP contribution < -0.4 is 32.1 Å². The average molecular weight is 512 g/mol. The van der Waals surface area contributed by atoms with E-state index in [4.69, 9.17) is 11.6 Å². The first kappa shape index (κ1) is 26.0. The molecule has 6 N–H and O–H groups in total. The minimum absolute atomic E-state index is 0.0563. The van der Waals surface area contributed by atoms with Gasteiger partial charge in [-0.05, 0) is 55.0 Å². The molecule has 0 spiro atoms. The number of amides is 1. The summed E-state index contributed by atoms with van der Waals surface area (Å²) in [6.45, 7) is 4.28. The number of nitrogens with two attached hydrogens (primary N) is 2. The van der Waals surface area contributed by atoms with Crippen LogP contribution in [0.5, 0.6) is 0 Å². The summed E-state index contributed by atoms with van der Waals surface area (Å²) in [5, 5.41) is 7.08. The maximum absolute atomic E-state index is 13.6. The predicted octanol–water partition coefficient (Wildman–Crippen LogP) is 3.71. The molecule has 1 aliphatic heterocycles. The van der Waals surface area contributed by atoms with Gasteiger partial charge in [-0.15, -0.1) is 0 Å². The van der Waals surface area contributed by atoms with Gasteiger partial charge in [-0.1, -0.05) is 6.07 Å². The molecular weight excluding hydrogens is 483 g/mol. The van der Waals surface area contributed by atoms with E-state index in [-0.39, 0.29) is 11.3 Å². The lowest BCUT2D eigenvalue weighted by atomic mass is 10.1. The van der Waals surface area contributed by atoms with Crippen molar-refractivity contribution in [3.05, 3.63) is 89.4 Å². The minimum atomic E-state index is -4.55. The van der Waals surface area contributed by atoms with Gasteiger partial charge >= 0.3 is 6.18 Å². The molecule has 1 aromatic heterocycles. The Balaban J connectivity index is 1.59. The summed E-state index contributed by atoms with van der Waals surface area (Å²) in [6.07, 6.45) is 0.176. The number of hydrogen-bond acceptors (Lipinski definition) is 7. The number of carbonyl (C=O) groups excluding carboxylic acids is 1. The molecule has 8 nitrogen and oxygen atoms in total. The number of pyridine rings is 1. The zero-order chi connectivity index (χ0) is 26.6. The predicted molar refractivity (Wildman–Crippen MR) is 139 cm³/mol. The highest BCUT2D eigenvalue weighted by Crippen LogP contribution is 2.35. The molecule has 0 unspecified atom stereocenters. The molecule has 1 fully saturated rings. The number of aryl methyl sites for hydroxylation is 1. The van der Waals surface area contributed by atoms with Crippen molar-refractivity contribution in [2.45, 2.75) is 13.1 Å². The maximum Gasteiger partial charge on any atom is 0.416 e. The number of aromatic nitrogens is 1. The molecule has 1 saturated heterocycles. The first-order valence-electron chi connectivity index (χ1n) is 11.6. The Morgan fingerprint density at radius 1 is 1.14 bits per heavy atom. The van der Waals surface area contributed by atoms with Crippen LogP contribution in [0.25, 0.3) is 5.70 Å². The number of halogens is 3. The number of anilines is 3. The molecule has 0 saturated carbocycles. The largest absolute Gasteiger partial charge is 0.416 e. The molecule has 0 radical (unpaired) electrons. The lowest BCUT2D eigenvalue weighted by molar-refractivity contribution is -0.137. The highest BCUT2D eigenvalue weighted by Gasteiger charge is 2.32. The van der Waals surface area contributed by atoms with Gasteiger partial charge in [0.2, 0.25) is 0 Å². The molecule has 37 heavy (non-hydrogen) atoms. The summed E-state index contributed by atoms with van der Waals surface area (Å²) in [4.78, 5) is 19.0. The third-order valence-electron chi connectivity index (χ3n) is 6.01. The zero-order valence-corrected chi connectivity index (χ0v) is 20.2. The number of rotatable bonds is 6. The van der Waals surface area contributed by atoms with E-state index in [0.29, 0.717) is 48.8 Å². The van der Waals surface area contributed by atoms with Crippen LogP contribution in [0.15, 0.2) is 67.1 Å². The van der Waals surface area contributed by atoms with Gasteiger partial charge in [0, 0.05) is 67.3 Å². The van der Waals surface area contributed by atoms with E-state index < -0.39 is 17.6 Å². The van der Waals surface area contributed by atoms with Crippen molar-refractivity contribution in [2.75, 3.05) is 41.4 Å². The lowest BCUT2D eigenvalue weighted by Crippen LogP contribution is -2.43. The quantitative estimate of drug-likeness (QED) is 0.295. The Morgan fingerprint density at radius 2 is 1.89 bits per heavy atom. The van der Waals surface area contributed by atoms with Crippen LogP contribution in [0.4, 0.5) is 30.2 Å². The van der Waals surface area contributed by atoms with Crippen LogP contribution in [-0.4, -0.2) is 37.1 Å². The summed E-state index contributed by atoms with van der Waals surface area (Å²) in [7, 11) is 0. The van der Waals surface area contributed by atoms with Crippen LogP contribution in [0.2, 0.25) is 0 Å². The third-order valence-corrected chi connectivity index (χ3v) is 6.01. The van der Waals surface area contributed by atoms with Crippen molar-refractivity contribution in [2.24, 2.45) is 11.6 Å². The summed E-state index contributed by atoms with van der Waals surface area (Å²) >= 11 is 0. The Labute approximate surface area is 212 Å². The van der Waals surface area contributed by atoms with Crippen LogP contribution >= 0.6 is 0 Å². The summed E-state index contributed by atoms with van der Waals surface area (Å²) in [6, 6.07) is 12.0. The van der Waals surface area contributed by atoms with Gasteiger partial charge in [0.05, 0.1) is 16.9 Å². The second-order valence-electron chi connectivity index (χ2n) is 8.69. The number of nitrogens with one attached hydrogen (secondary N) is 2. The second-order valence-corrected chi connectivity index (χ2v) is 8.69. The van der Waals surface area contributed by atoms with Crippen molar-refractivity contribution in [3.8, 4) is 0 Å². The lowest BCUT2D eigenvalue weighted by Gasteiger charge is -2.30. The minimum Gasteiger partial charge on any atom is -0.397 e. The Hall–Kier alpha value is -4.09. The van der Waals surface area contributed by atoms with Crippen molar-refractivity contribution in [1.82, 2.24) is 10.3 Å². The fourth-order valence-electron chi connectivity index (χ4n) is 4.01. The fraction of sp³-hybridized carbons (Fsp3) is 0.231. The third kappa shape index (κ3) is 6.38. The number of hydrogen-bond donors (Lipinski definition) is 4. The van der Waals surface area contributed by atoms with E-state index in [0.717, 1.165) is 17.7 Å². The Morgan fingerprint density at radius 3 is 2.57 bits per heavy atom. The van der Waals surface area contributed by atoms with Crippen molar-refractivity contribution in [1.29, 1.82) is 0 Å². The second kappa shape index (κ2) is 10.9. The monoisotopic (exact) mass is 511 g/mol. The molecule has 4 rings (SSSR count). The number of nitrogens with zero attached hydrogens (tertiary/aromatic N) is 3. The molecule has 0 bridgehead atoms. The average Bonchev–Trinajstić information content (AvgIpc) is 2.89. The molecule has 2 aromatic carbocycles. The van der Waals surface area contributed by atoms with Crippen LogP contribution in [0, 0.1) is 6.92 Å². The van der Waals surface area contributed by atoms with Gasteiger partial charge in [-0.25, -0.2) is 5.84 Å². The molecule has 194 valence electrons. The van der Waals surface area contributed by atoms with Gasteiger partial charge in [0.15, 0.2) is 0 Å². The van der Waals surface area contributed by atoms with Crippen LogP contribution in [0.3, 0.4) is 0 Å². The summed E-state index contributed by atoms with van der Waals surface area (Å²) < 4.78 is 40.8. The van der Waals surface area contributed by atoms with Gasteiger partial charge < -0.3 is 21.3 Å². The molecule has 1 amide bonds. The maximum atomic E-state index is 13.6. The Kier molecular flexibility index (Phi) is 7.65. The smallest absolute Gasteiger partial charge is 0.397 e. The number of benzene rings is 2. The molecule has 11 heteroatoms. The van der Waals surface area contributed by atoms with Gasteiger partial charge in [0.25, 0.3) is 5.91 Å². The number of hydrazine groups is 1. The molecule has 0 aliphatic carbocycles. The highest BCUT2D eigenvalue weighted by atomic mass is 19.4. The molecule has 1 aliphatic rings. The van der Waals surface area contributed by atoms with Crippen molar-refractivity contribution < 1.29 is 18.0 Å². The topological polar surface area (TPSA) is 113 Å². The van der Waals surface area contributed by atoms with Crippen molar-refractivity contribution >= 4 is 28.7 Å². The van der Waals surface area contributed by atoms with Crippen LogP contribution in [0.1, 0.15) is 27.0 Å². The first-order chi connectivity index (χ1) is 17.6. The fourth-order valence-corrected chi connectivity index (χ4v) is 4.01. The van der Waals surface area contributed by atoms with E-state index >= 15 is 0 Å². The molecule has 3 aromatic rings. The van der Waals surface area contributed by atoms with Crippen molar-refractivity contribution in [3.63, 3.8) is 0 Å². The van der Waals surface area contributed by atoms with Crippen LogP contribution in [-0.2, 0) is 6.18 Å². The summed E-state index contributed by atoms with van der Waals surface area (Å²) in [5.41, 5.74) is 8.31. The number of carbonyl (C=O) groups is 1. The molecule has 2 heterocycles. The van der Waals surface area contributed by atoms with Gasteiger partial charge in [-0.2, -0.15) is 13.2 Å². The standard InChI is InChI=1S/C26H28F3N7O/c1-17-4-5-18(11-24(17)36(31)16-23(30)19-3-2-6-33-15-19)25(37)34-21-12-20(26(27,28)29)13-22(14-21)35-9-7-32-8-10-35/h2-6,11-16,32H,7-10,30-31H2,1H3,(H,34,37)/b23-16-. The first-order valence-corrected chi connectivity index (χ1v) is 11.6. The molecule has 0 atom stereocenters. The van der Waals surface area contributed by atoms with E-state index in [1.165, 1.54) is 11.2 Å². The van der Waals surface area contributed by atoms with Gasteiger partial charge in [-0.3, -0.25) is 14.8 Å². The molecular formula is C26H28F3N7O. The van der Waals surface area contributed by atoms with Gasteiger partial charge in [0.1, 0.15) is 0 Å².